The lowest BCUT2D eigenvalue weighted by Crippen LogP contribution is -2.48. The Morgan fingerprint density at radius 2 is 2.04 bits per heavy atom. The molecule has 1 aromatic rings. The fraction of sp³-hybridized carbons (Fsp3) is 0.556. The van der Waals surface area contributed by atoms with Crippen LogP contribution in [-0.4, -0.2) is 34.7 Å². The van der Waals surface area contributed by atoms with Gasteiger partial charge in [0.1, 0.15) is 5.82 Å². The van der Waals surface area contributed by atoms with Crippen LogP contribution in [0.25, 0.3) is 6.08 Å². The number of anilines is 1. The monoisotopic (exact) mass is 420 g/mol. The zero-order valence-electron chi connectivity index (χ0n) is 15.0. The van der Waals surface area contributed by atoms with Crippen LogP contribution in [0.1, 0.15) is 44.1 Å². The van der Waals surface area contributed by atoms with E-state index < -0.39 is 11.7 Å². The molecule has 1 atom stereocenters. The van der Waals surface area contributed by atoms with Gasteiger partial charge in [0.25, 0.3) is 0 Å². The lowest BCUT2D eigenvalue weighted by molar-refractivity contribution is -0.126. The van der Waals surface area contributed by atoms with Gasteiger partial charge in [0.05, 0.1) is 5.54 Å². The summed E-state index contributed by atoms with van der Waals surface area (Å²) in [6, 6.07) is 3.51. The summed E-state index contributed by atoms with van der Waals surface area (Å²) in [4.78, 5) is 15.4. The Labute approximate surface area is 171 Å². The van der Waals surface area contributed by atoms with E-state index in [1.807, 2.05) is 0 Å². The zero-order chi connectivity index (χ0) is 17.7. The number of hydrogen-bond donors (Lipinski definition) is 4. The summed E-state index contributed by atoms with van der Waals surface area (Å²) in [5.74, 6) is -0.832. The third-order valence-electron chi connectivity index (χ3n) is 5.35. The summed E-state index contributed by atoms with van der Waals surface area (Å²) in [7, 11) is 0. The normalized spacial score (nSPS) is 23.1. The molecule has 2 fully saturated rings. The highest BCUT2D eigenvalue weighted by molar-refractivity contribution is 5.94. The van der Waals surface area contributed by atoms with E-state index >= 15 is 0 Å². The van der Waals surface area contributed by atoms with E-state index in [4.69, 9.17) is 5.21 Å². The summed E-state index contributed by atoms with van der Waals surface area (Å²) in [5.41, 5.74) is 1.76. The van der Waals surface area contributed by atoms with Gasteiger partial charge >= 0.3 is 5.91 Å². The molecule has 2 aliphatic rings. The molecule has 9 heteroatoms. The number of hydroxylamine groups is 1. The number of carbonyl (C=O) groups is 1. The van der Waals surface area contributed by atoms with Crippen LogP contribution in [0, 0.1) is 5.92 Å². The zero-order valence-corrected chi connectivity index (χ0v) is 16.7. The first-order chi connectivity index (χ1) is 12.1. The van der Waals surface area contributed by atoms with E-state index in [0.29, 0.717) is 11.5 Å². The maximum Gasteiger partial charge on any atom is 0.303 e. The maximum absolute atomic E-state index is 13.5. The Balaban J connectivity index is 0.00000182. The van der Waals surface area contributed by atoms with E-state index in [0.717, 1.165) is 31.4 Å². The SMILES string of the molecule is Cl.Cl.O=C(NO)/C(F)=C/c1ccc(N[C@@]2(C3CCCCC3)CCNC2)nc1. The highest BCUT2D eigenvalue weighted by atomic mass is 35.5. The number of hydrogen-bond acceptors (Lipinski definition) is 5. The van der Waals surface area contributed by atoms with Crippen LogP contribution in [-0.2, 0) is 4.79 Å². The van der Waals surface area contributed by atoms with E-state index in [-0.39, 0.29) is 30.4 Å². The van der Waals surface area contributed by atoms with E-state index in [1.165, 1.54) is 43.8 Å². The molecular weight excluding hydrogens is 394 g/mol. The van der Waals surface area contributed by atoms with Crippen LogP contribution in [0.2, 0.25) is 0 Å². The summed E-state index contributed by atoms with van der Waals surface area (Å²) in [6.45, 7) is 1.94. The van der Waals surface area contributed by atoms with Gasteiger partial charge in [-0.25, -0.2) is 14.9 Å². The van der Waals surface area contributed by atoms with Crippen LogP contribution in [0.4, 0.5) is 10.2 Å². The standard InChI is InChI=1S/C18H25FN4O2.2ClH/c19-15(17(24)23-25)10-13-6-7-16(21-11-13)22-18(8-9-20-12-18)14-4-2-1-3-5-14;;/h6-7,10-11,14,20,25H,1-5,8-9,12H2,(H,21,22)(H,23,24);2*1H/b15-10-;;/t18-;;/m0../s1. The van der Waals surface area contributed by atoms with Crippen molar-refractivity contribution in [1.82, 2.24) is 15.8 Å². The molecule has 3 rings (SSSR count). The van der Waals surface area contributed by atoms with E-state index in [1.54, 1.807) is 12.1 Å². The average Bonchev–Trinajstić information content (AvgIpc) is 3.13. The molecule has 6 nitrogen and oxygen atoms in total. The molecule has 1 amide bonds. The first kappa shape index (κ1) is 23.6. The Kier molecular flexibility index (Phi) is 9.45. The number of amides is 1. The van der Waals surface area contributed by atoms with Crippen molar-refractivity contribution in [2.75, 3.05) is 18.4 Å². The van der Waals surface area contributed by atoms with Crippen molar-refractivity contribution in [1.29, 1.82) is 0 Å². The van der Waals surface area contributed by atoms with Gasteiger partial charge in [0.2, 0.25) is 0 Å². The van der Waals surface area contributed by atoms with Crippen LogP contribution >= 0.6 is 24.8 Å². The fourth-order valence-corrected chi connectivity index (χ4v) is 4.01. The van der Waals surface area contributed by atoms with Crippen LogP contribution < -0.4 is 16.1 Å². The molecule has 2 heterocycles. The summed E-state index contributed by atoms with van der Waals surface area (Å²) >= 11 is 0. The number of nitrogens with zero attached hydrogens (tertiary/aromatic N) is 1. The minimum Gasteiger partial charge on any atom is -0.363 e. The molecule has 1 aliphatic carbocycles. The molecule has 0 bridgehead atoms. The Morgan fingerprint density at radius 1 is 1.30 bits per heavy atom. The minimum absolute atomic E-state index is 0. The smallest absolute Gasteiger partial charge is 0.303 e. The van der Waals surface area contributed by atoms with Crippen molar-refractivity contribution in [3.63, 3.8) is 0 Å². The van der Waals surface area contributed by atoms with Gasteiger partial charge in [-0.3, -0.25) is 10.0 Å². The molecule has 1 saturated carbocycles. The second kappa shape index (κ2) is 10.8. The van der Waals surface area contributed by atoms with Gasteiger partial charge < -0.3 is 10.6 Å². The molecule has 1 aliphatic heterocycles. The highest BCUT2D eigenvalue weighted by Gasteiger charge is 2.41. The molecule has 0 aromatic carbocycles. The quantitative estimate of drug-likeness (QED) is 0.332. The van der Waals surface area contributed by atoms with Crippen molar-refractivity contribution in [2.24, 2.45) is 5.92 Å². The van der Waals surface area contributed by atoms with Crippen LogP contribution in [0.5, 0.6) is 0 Å². The topological polar surface area (TPSA) is 86.3 Å². The van der Waals surface area contributed by atoms with Crippen molar-refractivity contribution in [3.05, 3.63) is 29.7 Å². The molecule has 0 unspecified atom stereocenters. The maximum atomic E-state index is 13.5. The highest BCUT2D eigenvalue weighted by Crippen LogP contribution is 2.38. The second-order valence-electron chi connectivity index (χ2n) is 6.95. The molecule has 4 N–H and O–H groups in total. The van der Waals surface area contributed by atoms with Crippen molar-refractivity contribution in [3.8, 4) is 0 Å². The molecular formula is C18H27Cl2FN4O2. The van der Waals surface area contributed by atoms with Gasteiger partial charge in [0.15, 0.2) is 5.83 Å². The summed E-state index contributed by atoms with van der Waals surface area (Å²) < 4.78 is 13.5. The van der Waals surface area contributed by atoms with Crippen LogP contribution in [0.3, 0.4) is 0 Å². The van der Waals surface area contributed by atoms with E-state index in [2.05, 4.69) is 15.6 Å². The Hall–Kier alpha value is -1.41. The van der Waals surface area contributed by atoms with Gasteiger partial charge in [-0.15, -0.1) is 24.8 Å². The van der Waals surface area contributed by atoms with E-state index in [9.17, 15) is 9.18 Å². The molecule has 27 heavy (non-hydrogen) atoms. The van der Waals surface area contributed by atoms with Crippen LogP contribution in [0.15, 0.2) is 24.2 Å². The molecule has 1 aromatic heterocycles. The summed E-state index contributed by atoms with van der Waals surface area (Å²) in [5, 5.41) is 15.5. The Bertz CT molecular complexity index is 631. The lowest BCUT2D eigenvalue weighted by Gasteiger charge is -2.40. The van der Waals surface area contributed by atoms with Gasteiger partial charge in [-0.05, 0) is 55.5 Å². The molecule has 1 saturated heterocycles. The lowest BCUT2D eigenvalue weighted by atomic mass is 9.74. The number of aromatic nitrogens is 1. The number of rotatable bonds is 5. The second-order valence-corrected chi connectivity index (χ2v) is 6.95. The van der Waals surface area contributed by atoms with Gasteiger partial charge in [0, 0.05) is 12.7 Å². The molecule has 152 valence electrons. The largest absolute Gasteiger partial charge is 0.363 e. The average molecular weight is 421 g/mol. The first-order valence-electron chi connectivity index (χ1n) is 8.89. The Morgan fingerprint density at radius 3 is 2.59 bits per heavy atom. The number of nitrogens with one attached hydrogen (secondary N) is 3. The minimum atomic E-state index is -1.17. The third kappa shape index (κ3) is 5.78. The number of pyridine rings is 1. The fourth-order valence-electron chi connectivity index (χ4n) is 4.01. The predicted octanol–water partition coefficient (Wildman–Crippen LogP) is 3.47. The number of halogens is 3. The molecule has 0 spiro atoms. The van der Waals surface area contributed by atoms with Crippen molar-refractivity contribution in [2.45, 2.75) is 44.1 Å². The van der Waals surface area contributed by atoms with Gasteiger partial charge in [-0.2, -0.15) is 0 Å². The number of carbonyl (C=O) groups excluding carboxylic acids is 1. The predicted molar refractivity (Wildman–Crippen MR) is 108 cm³/mol. The first-order valence-corrected chi connectivity index (χ1v) is 8.89. The van der Waals surface area contributed by atoms with Crippen molar-refractivity contribution < 1.29 is 14.4 Å². The van der Waals surface area contributed by atoms with Crippen molar-refractivity contribution >= 4 is 42.6 Å². The summed E-state index contributed by atoms with van der Waals surface area (Å²) in [6.07, 6.45) is 10.0. The third-order valence-corrected chi connectivity index (χ3v) is 5.35. The van der Waals surface area contributed by atoms with Gasteiger partial charge in [-0.1, -0.05) is 19.3 Å². The molecule has 0 radical (unpaired) electrons.